The number of ether oxygens (including phenoxy) is 2. The molecule has 0 bridgehead atoms. The first kappa shape index (κ1) is 16.0. The Morgan fingerprint density at radius 3 is 1.90 bits per heavy atom. The van der Waals surface area contributed by atoms with Gasteiger partial charge in [0.1, 0.15) is 13.2 Å². The van der Waals surface area contributed by atoms with Gasteiger partial charge in [-0.05, 0) is 31.6 Å². The highest BCUT2D eigenvalue weighted by atomic mass is 32.1. The molecule has 0 N–H and O–H groups in total. The summed E-state index contributed by atoms with van der Waals surface area (Å²) in [6, 6.07) is 0. The summed E-state index contributed by atoms with van der Waals surface area (Å²) >= 11 is 9.10. The van der Waals surface area contributed by atoms with E-state index in [2.05, 4.69) is 32.2 Å². The summed E-state index contributed by atoms with van der Waals surface area (Å²) in [4.78, 5) is 23.0. The van der Waals surface area contributed by atoms with Crippen molar-refractivity contribution in [1.29, 1.82) is 0 Å². The second-order valence-electron chi connectivity index (χ2n) is 5.67. The fourth-order valence-electron chi connectivity index (χ4n) is 2.72. The molecule has 0 spiro atoms. The number of hydrogen-bond donors (Lipinski definition) is 2. The molecular weight excluding hydrogens is 296 g/mol. The fraction of sp³-hybridized carbons (Fsp3) is 0.857. The Morgan fingerprint density at radius 1 is 1.05 bits per heavy atom. The van der Waals surface area contributed by atoms with Crippen molar-refractivity contribution < 1.29 is 19.1 Å². The highest BCUT2D eigenvalue weighted by molar-refractivity contribution is 7.81. The molecule has 20 heavy (non-hydrogen) atoms. The standard InChI is InChI=1S/C14H22O4S2/c1-2-8(19)3-4-9(20)5-10(11-6-17-13(11)15)12-7-18-14(12)16/h8-12,19-20H,2-7H2,1H3. The minimum Gasteiger partial charge on any atom is -0.464 e. The topological polar surface area (TPSA) is 52.6 Å². The Labute approximate surface area is 130 Å². The molecule has 6 heteroatoms. The van der Waals surface area contributed by atoms with Crippen LogP contribution < -0.4 is 0 Å². The van der Waals surface area contributed by atoms with Crippen molar-refractivity contribution >= 4 is 37.2 Å². The number of thiol groups is 2. The van der Waals surface area contributed by atoms with E-state index < -0.39 is 0 Å². The molecular formula is C14H22O4S2. The average molecular weight is 318 g/mol. The van der Waals surface area contributed by atoms with Gasteiger partial charge in [0.2, 0.25) is 0 Å². The van der Waals surface area contributed by atoms with Crippen molar-refractivity contribution in [2.75, 3.05) is 13.2 Å². The van der Waals surface area contributed by atoms with E-state index in [9.17, 15) is 9.59 Å². The number of carbonyl (C=O) groups excluding carboxylic acids is 2. The number of esters is 2. The fourth-order valence-corrected chi connectivity index (χ4v) is 3.26. The predicted octanol–water partition coefficient (Wildman–Crippen LogP) is 2.13. The van der Waals surface area contributed by atoms with Crippen molar-refractivity contribution in [3.05, 3.63) is 0 Å². The molecule has 0 aromatic rings. The average Bonchev–Trinajstić information content (AvgIpc) is 2.41. The van der Waals surface area contributed by atoms with Gasteiger partial charge in [-0.3, -0.25) is 9.59 Å². The van der Waals surface area contributed by atoms with E-state index in [-0.39, 0.29) is 34.9 Å². The molecule has 2 aliphatic rings. The first-order valence-electron chi connectivity index (χ1n) is 7.22. The molecule has 2 aliphatic heterocycles. The van der Waals surface area contributed by atoms with Gasteiger partial charge in [0.15, 0.2) is 0 Å². The smallest absolute Gasteiger partial charge is 0.312 e. The third kappa shape index (κ3) is 3.64. The Morgan fingerprint density at radius 2 is 1.55 bits per heavy atom. The van der Waals surface area contributed by atoms with Gasteiger partial charge < -0.3 is 9.47 Å². The molecule has 0 radical (unpaired) electrons. The van der Waals surface area contributed by atoms with Crippen molar-refractivity contribution in [1.82, 2.24) is 0 Å². The molecule has 114 valence electrons. The van der Waals surface area contributed by atoms with Crippen LogP contribution in [0.1, 0.15) is 32.6 Å². The van der Waals surface area contributed by atoms with Crippen molar-refractivity contribution in [3.63, 3.8) is 0 Å². The molecule has 4 atom stereocenters. The Hall–Kier alpha value is -0.360. The van der Waals surface area contributed by atoms with Crippen LogP contribution >= 0.6 is 25.3 Å². The maximum Gasteiger partial charge on any atom is 0.312 e. The van der Waals surface area contributed by atoms with Crippen LogP contribution in [0, 0.1) is 17.8 Å². The Kier molecular flexibility index (Phi) is 5.66. The summed E-state index contributed by atoms with van der Waals surface area (Å²) in [6.45, 7) is 2.97. The summed E-state index contributed by atoms with van der Waals surface area (Å²) in [6.07, 6.45) is 3.75. The summed E-state index contributed by atoms with van der Waals surface area (Å²) in [7, 11) is 0. The lowest BCUT2D eigenvalue weighted by molar-refractivity contribution is -0.188. The summed E-state index contributed by atoms with van der Waals surface area (Å²) in [5.41, 5.74) is 0. The third-order valence-electron chi connectivity index (χ3n) is 4.30. The van der Waals surface area contributed by atoms with Crippen LogP contribution in [-0.4, -0.2) is 35.7 Å². The Bertz CT molecular complexity index is 350. The monoisotopic (exact) mass is 318 g/mol. The zero-order chi connectivity index (χ0) is 14.7. The van der Waals surface area contributed by atoms with Gasteiger partial charge in [0.25, 0.3) is 0 Å². The summed E-state index contributed by atoms with van der Waals surface area (Å²) in [5.74, 6) is -0.660. The first-order valence-corrected chi connectivity index (χ1v) is 8.25. The molecule has 0 saturated carbocycles. The number of hydrogen-bond acceptors (Lipinski definition) is 6. The molecule has 4 nitrogen and oxygen atoms in total. The van der Waals surface area contributed by atoms with Gasteiger partial charge in [-0.1, -0.05) is 6.92 Å². The van der Waals surface area contributed by atoms with Crippen molar-refractivity contribution in [2.24, 2.45) is 17.8 Å². The minimum absolute atomic E-state index is 0.0139. The molecule has 2 saturated heterocycles. The Balaban J connectivity index is 1.87. The zero-order valence-corrected chi connectivity index (χ0v) is 13.4. The van der Waals surface area contributed by atoms with Crippen molar-refractivity contribution in [3.8, 4) is 0 Å². The van der Waals surface area contributed by atoms with Gasteiger partial charge in [0.05, 0.1) is 11.8 Å². The maximum absolute atomic E-state index is 11.5. The van der Waals surface area contributed by atoms with E-state index in [0.29, 0.717) is 18.5 Å². The molecule has 0 aromatic carbocycles. The van der Waals surface area contributed by atoms with Crippen LogP contribution in [0.3, 0.4) is 0 Å². The molecule has 2 heterocycles. The third-order valence-corrected chi connectivity index (χ3v) is 5.39. The van der Waals surface area contributed by atoms with Crippen LogP contribution in [-0.2, 0) is 19.1 Å². The maximum atomic E-state index is 11.5. The second-order valence-corrected chi connectivity index (χ2v) is 7.13. The molecule has 0 aliphatic carbocycles. The molecule has 0 amide bonds. The van der Waals surface area contributed by atoms with Gasteiger partial charge >= 0.3 is 11.9 Å². The van der Waals surface area contributed by atoms with E-state index in [4.69, 9.17) is 9.47 Å². The van der Waals surface area contributed by atoms with Crippen LogP contribution in [0.5, 0.6) is 0 Å². The lowest BCUT2D eigenvalue weighted by Crippen LogP contribution is -2.50. The van der Waals surface area contributed by atoms with Gasteiger partial charge in [-0.25, -0.2) is 0 Å². The van der Waals surface area contributed by atoms with Gasteiger partial charge in [-0.15, -0.1) is 0 Å². The van der Waals surface area contributed by atoms with E-state index in [1.54, 1.807) is 0 Å². The normalized spacial score (nSPS) is 29.6. The predicted molar refractivity (Wildman–Crippen MR) is 82.1 cm³/mol. The van der Waals surface area contributed by atoms with Crippen LogP contribution in [0.2, 0.25) is 0 Å². The largest absolute Gasteiger partial charge is 0.464 e. The molecule has 2 rings (SSSR count). The highest BCUT2D eigenvalue weighted by Crippen LogP contribution is 2.38. The number of cyclic esters (lactones) is 2. The van der Waals surface area contributed by atoms with E-state index >= 15 is 0 Å². The first-order chi connectivity index (χ1) is 9.52. The molecule has 4 unspecified atom stereocenters. The lowest BCUT2D eigenvalue weighted by atomic mass is 9.75. The van der Waals surface area contributed by atoms with E-state index in [1.165, 1.54) is 0 Å². The minimum atomic E-state index is -0.184. The van der Waals surface area contributed by atoms with Crippen LogP contribution in [0.25, 0.3) is 0 Å². The summed E-state index contributed by atoms with van der Waals surface area (Å²) in [5, 5.41) is 0.577. The van der Waals surface area contributed by atoms with Crippen molar-refractivity contribution in [2.45, 2.75) is 43.1 Å². The summed E-state index contributed by atoms with van der Waals surface area (Å²) < 4.78 is 9.69. The number of carbonyl (C=O) groups is 2. The van der Waals surface area contributed by atoms with Gasteiger partial charge in [0, 0.05) is 10.5 Å². The van der Waals surface area contributed by atoms with Crippen LogP contribution in [0.4, 0.5) is 0 Å². The molecule has 2 fully saturated rings. The van der Waals surface area contributed by atoms with Crippen LogP contribution in [0.15, 0.2) is 0 Å². The highest BCUT2D eigenvalue weighted by Gasteiger charge is 2.48. The second kappa shape index (κ2) is 7.07. The zero-order valence-electron chi connectivity index (χ0n) is 11.7. The SMILES string of the molecule is CCC(S)CCC(S)CC(C1COC1=O)C1COC1=O. The van der Waals surface area contributed by atoms with E-state index in [1.807, 2.05) is 0 Å². The lowest BCUT2D eigenvalue weighted by Gasteiger charge is -2.40. The van der Waals surface area contributed by atoms with E-state index in [0.717, 1.165) is 25.7 Å². The van der Waals surface area contributed by atoms with Gasteiger partial charge in [-0.2, -0.15) is 25.3 Å². The number of rotatable bonds is 8. The molecule has 0 aromatic heterocycles. The quantitative estimate of drug-likeness (QED) is 0.532.